The lowest BCUT2D eigenvalue weighted by Gasteiger charge is -2.37. The number of nitrogens with one attached hydrogen (secondary N) is 3. The van der Waals surface area contributed by atoms with E-state index in [-0.39, 0.29) is 11.9 Å². The van der Waals surface area contributed by atoms with E-state index in [4.69, 9.17) is 11.6 Å². The zero-order valence-corrected chi connectivity index (χ0v) is 16.5. The average molecular weight is 398 g/mol. The van der Waals surface area contributed by atoms with Crippen molar-refractivity contribution in [3.63, 3.8) is 0 Å². The molecule has 2 aromatic heterocycles. The van der Waals surface area contributed by atoms with E-state index >= 15 is 0 Å². The Labute approximate surface area is 169 Å². The van der Waals surface area contributed by atoms with Crippen LogP contribution in [0.1, 0.15) is 29.3 Å². The normalized spacial score (nSPS) is 20.4. The minimum atomic E-state index is -0.270. The number of hydrazine groups is 1. The van der Waals surface area contributed by atoms with Gasteiger partial charge in [0.05, 0.1) is 10.6 Å². The van der Waals surface area contributed by atoms with Crippen LogP contribution in [0.5, 0.6) is 0 Å². The molecule has 0 bridgehead atoms. The van der Waals surface area contributed by atoms with Crippen LogP contribution in [0.2, 0.25) is 5.02 Å². The Hall–Kier alpha value is -2.41. The van der Waals surface area contributed by atoms with E-state index in [0.29, 0.717) is 22.2 Å². The highest BCUT2D eigenvalue weighted by Gasteiger charge is 2.27. The molecule has 1 amide bonds. The van der Waals surface area contributed by atoms with Gasteiger partial charge in [-0.2, -0.15) is 0 Å². The van der Waals surface area contributed by atoms with Gasteiger partial charge in [0.1, 0.15) is 5.65 Å². The lowest BCUT2D eigenvalue weighted by Crippen LogP contribution is -2.55. The third kappa shape index (κ3) is 4.04. The molecular weight excluding hydrogens is 374 g/mol. The van der Waals surface area contributed by atoms with E-state index < -0.39 is 0 Å². The zero-order chi connectivity index (χ0) is 19.5. The Bertz CT molecular complexity index is 958. The van der Waals surface area contributed by atoms with E-state index in [1.54, 1.807) is 6.20 Å². The number of hydrogen-bond donors (Lipinski definition) is 3. The van der Waals surface area contributed by atoms with Gasteiger partial charge in [0, 0.05) is 36.9 Å². The van der Waals surface area contributed by atoms with Crippen LogP contribution in [-0.2, 0) is 6.54 Å². The van der Waals surface area contributed by atoms with Crippen LogP contribution in [0.4, 0.5) is 0 Å². The molecule has 3 heterocycles. The third-order valence-electron chi connectivity index (χ3n) is 5.43. The predicted molar refractivity (Wildman–Crippen MR) is 111 cm³/mol. The Kier molecular flexibility index (Phi) is 5.62. The molecule has 3 N–H and O–H groups in total. The maximum absolute atomic E-state index is 12.6. The standard InChI is InChI=1S/C21H24ClN5O/c1-14-8-10-27(12-15-5-3-2-4-6-15)13-18(14)25-26-21(28)17-11-24-20-16(19(17)22)7-9-23-20/h2-7,9,11,14,18,25H,8,10,12-13H2,1H3,(H,23,24)(H,26,28)/t14-,18?/m1/s1. The van der Waals surface area contributed by atoms with Crippen LogP contribution in [0.3, 0.4) is 0 Å². The van der Waals surface area contributed by atoms with Crippen molar-refractivity contribution in [1.29, 1.82) is 0 Å². The summed E-state index contributed by atoms with van der Waals surface area (Å²) >= 11 is 6.38. The number of H-pyrrole nitrogens is 1. The number of halogens is 1. The minimum Gasteiger partial charge on any atom is -0.346 e. The number of aromatic nitrogens is 2. The minimum absolute atomic E-state index is 0.170. The van der Waals surface area contributed by atoms with Crippen LogP contribution in [0.15, 0.2) is 48.8 Å². The van der Waals surface area contributed by atoms with Crippen LogP contribution in [0, 0.1) is 5.92 Å². The summed E-state index contributed by atoms with van der Waals surface area (Å²) in [5.41, 5.74) is 8.39. The molecule has 1 fully saturated rings. The number of pyridine rings is 1. The Morgan fingerprint density at radius 3 is 2.96 bits per heavy atom. The molecule has 0 saturated carbocycles. The van der Waals surface area contributed by atoms with Gasteiger partial charge in [-0.15, -0.1) is 0 Å². The first-order valence-corrected chi connectivity index (χ1v) is 9.93. The van der Waals surface area contributed by atoms with Gasteiger partial charge in [-0.25, -0.2) is 10.4 Å². The molecule has 0 radical (unpaired) electrons. The van der Waals surface area contributed by atoms with Gasteiger partial charge < -0.3 is 4.98 Å². The molecule has 1 aromatic carbocycles. The van der Waals surface area contributed by atoms with E-state index in [1.807, 2.05) is 12.1 Å². The van der Waals surface area contributed by atoms with E-state index in [1.165, 1.54) is 11.8 Å². The number of hydrogen-bond acceptors (Lipinski definition) is 4. The second kappa shape index (κ2) is 8.31. The predicted octanol–water partition coefficient (Wildman–Crippen LogP) is 3.36. The van der Waals surface area contributed by atoms with Crippen LogP contribution < -0.4 is 10.9 Å². The summed E-state index contributed by atoms with van der Waals surface area (Å²) in [7, 11) is 0. The van der Waals surface area contributed by atoms with E-state index in [0.717, 1.165) is 31.4 Å². The Morgan fingerprint density at radius 1 is 1.32 bits per heavy atom. The van der Waals surface area contributed by atoms with Gasteiger partial charge in [0.15, 0.2) is 0 Å². The summed E-state index contributed by atoms with van der Waals surface area (Å²) in [6.45, 7) is 5.06. The summed E-state index contributed by atoms with van der Waals surface area (Å²) in [5.74, 6) is 0.195. The van der Waals surface area contributed by atoms with Gasteiger partial charge in [0.2, 0.25) is 0 Å². The summed E-state index contributed by atoms with van der Waals surface area (Å²) in [6.07, 6.45) is 4.34. The van der Waals surface area contributed by atoms with Gasteiger partial charge in [0.25, 0.3) is 5.91 Å². The van der Waals surface area contributed by atoms with Crippen molar-refractivity contribution in [1.82, 2.24) is 25.7 Å². The molecule has 4 rings (SSSR count). The summed E-state index contributed by atoms with van der Waals surface area (Å²) in [4.78, 5) is 22.3. The molecular formula is C21H24ClN5O. The number of carbonyl (C=O) groups excluding carboxylic acids is 1. The topological polar surface area (TPSA) is 73.0 Å². The molecule has 1 saturated heterocycles. The molecule has 1 unspecified atom stereocenters. The number of piperidine rings is 1. The lowest BCUT2D eigenvalue weighted by molar-refractivity contribution is 0.0873. The number of fused-ring (bicyclic) bond motifs is 1. The third-order valence-corrected chi connectivity index (χ3v) is 5.84. The smallest absolute Gasteiger partial charge is 0.268 e. The fourth-order valence-corrected chi connectivity index (χ4v) is 3.96. The molecule has 1 aliphatic rings. The fourth-order valence-electron chi connectivity index (χ4n) is 3.67. The first-order valence-electron chi connectivity index (χ1n) is 9.55. The average Bonchev–Trinajstić information content (AvgIpc) is 3.19. The van der Waals surface area contributed by atoms with Crippen molar-refractivity contribution in [2.24, 2.45) is 5.92 Å². The molecule has 7 heteroatoms. The maximum atomic E-state index is 12.6. The van der Waals surface area contributed by atoms with E-state index in [2.05, 4.69) is 56.9 Å². The van der Waals surface area contributed by atoms with Crippen LogP contribution in [0.25, 0.3) is 11.0 Å². The number of amides is 1. The molecule has 28 heavy (non-hydrogen) atoms. The van der Waals surface area contributed by atoms with Gasteiger partial charge in [-0.1, -0.05) is 48.9 Å². The van der Waals surface area contributed by atoms with Gasteiger partial charge >= 0.3 is 0 Å². The number of nitrogens with zero attached hydrogens (tertiary/aromatic N) is 2. The summed E-state index contributed by atoms with van der Waals surface area (Å²) < 4.78 is 0. The lowest BCUT2D eigenvalue weighted by atomic mass is 9.93. The molecule has 1 aliphatic heterocycles. The number of carbonyl (C=O) groups is 1. The van der Waals surface area contributed by atoms with Crippen molar-refractivity contribution < 1.29 is 4.79 Å². The first kappa shape index (κ1) is 18.9. The van der Waals surface area contributed by atoms with Crippen LogP contribution in [-0.4, -0.2) is 39.9 Å². The first-order chi connectivity index (χ1) is 13.6. The second-order valence-corrected chi connectivity index (χ2v) is 7.80. The van der Waals surface area contributed by atoms with E-state index in [9.17, 15) is 4.79 Å². The van der Waals surface area contributed by atoms with Gasteiger partial charge in [-0.3, -0.25) is 15.1 Å². The number of aromatic amines is 1. The molecule has 0 spiro atoms. The van der Waals surface area contributed by atoms with Crippen molar-refractivity contribution in [3.8, 4) is 0 Å². The van der Waals surface area contributed by atoms with Crippen molar-refractivity contribution in [2.45, 2.75) is 25.9 Å². The number of likely N-dealkylation sites (tertiary alicyclic amines) is 1. The highest BCUT2D eigenvalue weighted by atomic mass is 35.5. The largest absolute Gasteiger partial charge is 0.346 e. The fraction of sp³-hybridized carbons (Fsp3) is 0.333. The Balaban J connectivity index is 1.38. The zero-order valence-electron chi connectivity index (χ0n) is 15.8. The van der Waals surface area contributed by atoms with Gasteiger partial charge in [-0.05, 0) is 30.5 Å². The monoisotopic (exact) mass is 397 g/mol. The SMILES string of the molecule is C[C@@H]1CCN(Cc2ccccc2)CC1NNC(=O)c1cnc2[nH]ccc2c1Cl. The second-order valence-electron chi connectivity index (χ2n) is 7.42. The quantitative estimate of drug-likeness (QED) is 0.577. The highest BCUT2D eigenvalue weighted by Crippen LogP contribution is 2.25. The van der Waals surface area contributed by atoms with Crippen molar-refractivity contribution in [2.75, 3.05) is 13.1 Å². The van der Waals surface area contributed by atoms with Crippen molar-refractivity contribution in [3.05, 3.63) is 64.9 Å². The van der Waals surface area contributed by atoms with Crippen molar-refractivity contribution >= 4 is 28.5 Å². The number of benzene rings is 1. The van der Waals surface area contributed by atoms with Crippen LogP contribution >= 0.6 is 11.6 Å². The molecule has 2 atom stereocenters. The molecule has 146 valence electrons. The molecule has 0 aliphatic carbocycles. The Morgan fingerprint density at radius 2 is 2.14 bits per heavy atom. The maximum Gasteiger partial charge on any atom is 0.268 e. The summed E-state index contributed by atoms with van der Waals surface area (Å²) in [6, 6.07) is 12.5. The highest BCUT2D eigenvalue weighted by molar-refractivity contribution is 6.38. The summed E-state index contributed by atoms with van der Waals surface area (Å²) in [5, 5.41) is 1.15. The molecule has 3 aromatic rings. The molecule has 6 nitrogen and oxygen atoms in total. The number of rotatable bonds is 5.